The van der Waals surface area contributed by atoms with Crippen molar-refractivity contribution in [2.24, 2.45) is 5.92 Å². The van der Waals surface area contributed by atoms with E-state index in [1.807, 2.05) is 0 Å². The van der Waals surface area contributed by atoms with Gasteiger partial charge in [0.15, 0.2) is 0 Å². The Morgan fingerprint density at radius 3 is 2.05 bits per heavy atom. The van der Waals surface area contributed by atoms with Crippen molar-refractivity contribution >= 4 is 5.69 Å². The molecule has 0 aliphatic carbocycles. The number of aliphatic hydroxyl groups is 1. The Hall–Kier alpha value is -1.02. The first-order valence-electron chi connectivity index (χ1n) is 7.26. The van der Waals surface area contributed by atoms with E-state index in [0.29, 0.717) is 5.92 Å². The molecule has 108 valence electrons. The first kappa shape index (κ1) is 16.0. The summed E-state index contributed by atoms with van der Waals surface area (Å²) in [5.41, 5.74) is 5.36. The SMILES string of the molecule is CCC(CO)CNc1c(C)cc(C(C)(C)C)cc1C. The van der Waals surface area contributed by atoms with Crippen molar-refractivity contribution in [3.05, 3.63) is 28.8 Å². The van der Waals surface area contributed by atoms with Crippen LogP contribution in [0.4, 0.5) is 5.69 Å². The van der Waals surface area contributed by atoms with Crippen molar-refractivity contribution in [2.45, 2.75) is 53.4 Å². The van der Waals surface area contributed by atoms with Crippen LogP contribution < -0.4 is 5.32 Å². The van der Waals surface area contributed by atoms with E-state index in [0.717, 1.165) is 13.0 Å². The summed E-state index contributed by atoms with van der Waals surface area (Å²) in [7, 11) is 0. The van der Waals surface area contributed by atoms with Crippen LogP contribution in [0.1, 0.15) is 50.8 Å². The van der Waals surface area contributed by atoms with Crippen LogP contribution in [-0.4, -0.2) is 18.3 Å². The third-order valence-electron chi connectivity index (χ3n) is 3.80. The number of nitrogens with one attached hydrogen (secondary N) is 1. The lowest BCUT2D eigenvalue weighted by molar-refractivity contribution is 0.230. The number of anilines is 1. The van der Waals surface area contributed by atoms with Gasteiger partial charge in [-0.2, -0.15) is 0 Å². The topological polar surface area (TPSA) is 32.3 Å². The minimum atomic E-state index is 0.186. The van der Waals surface area contributed by atoms with Gasteiger partial charge < -0.3 is 10.4 Å². The highest BCUT2D eigenvalue weighted by Gasteiger charge is 2.16. The summed E-state index contributed by atoms with van der Waals surface area (Å²) >= 11 is 0. The summed E-state index contributed by atoms with van der Waals surface area (Å²) in [6.45, 7) is 14.2. The molecule has 0 aliphatic rings. The zero-order chi connectivity index (χ0) is 14.6. The highest BCUT2D eigenvalue weighted by Crippen LogP contribution is 2.29. The lowest BCUT2D eigenvalue weighted by Gasteiger charge is -2.23. The van der Waals surface area contributed by atoms with Crippen LogP contribution in [0.3, 0.4) is 0 Å². The monoisotopic (exact) mass is 263 g/mol. The van der Waals surface area contributed by atoms with Gasteiger partial charge in [0.25, 0.3) is 0 Å². The van der Waals surface area contributed by atoms with Crippen molar-refractivity contribution in [1.29, 1.82) is 0 Å². The Bertz CT molecular complexity index is 391. The fraction of sp³-hybridized carbons (Fsp3) is 0.647. The highest BCUT2D eigenvalue weighted by atomic mass is 16.3. The predicted molar refractivity (Wildman–Crippen MR) is 84.0 cm³/mol. The minimum absolute atomic E-state index is 0.186. The van der Waals surface area contributed by atoms with Crippen LogP contribution in [0, 0.1) is 19.8 Å². The quantitative estimate of drug-likeness (QED) is 0.840. The summed E-state index contributed by atoms with van der Waals surface area (Å²) in [6.07, 6.45) is 1.00. The van der Waals surface area contributed by atoms with Gasteiger partial charge in [-0.25, -0.2) is 0 Å². The van der Waals surface area contributed by atoms with E-state index in [4.69, 9.17) is 0 Å². The molecule has 1 rings (SSSR count). The van der Waals surface area contributed by atoms with Crippen LogP contribution in [-0.2, 0) is 5.41 Å². The lowest BCUT2D eigenvalue weighted by atomic mass is 9.84. The molecule has 2 N–H and O–H groups in total. The molecule has 19 heavy (non-hydrogen) atoms. The Morgan fingerprint density at radius 2 is 1.68 bits per heavy atom. The van der Waals surface area contributed by atoms with Crippen molar-refractivity contribution < 1.29 is 5.11 Å². The second kappa shape index (κ2) is 6.42. The third kappa shape index (κ3) is 4.24. The van der Waals surface area contributed by atoms with Crippen LogP contribution in [0.25, 0.3) is 0 Å². The van der Waals surface area contributed by atoms with E-state index in [1.165, 1.54) is 22.4 Å². The van der Waals surface area contributed by atoms with E-state index in [2.05, 4.69) is 59.0 Å². The molecule has 0 aliphatic heterocycles. The Balaban J connectivity index is 2.92. The standard InChI is InChI=1S/C17H29NO/c1-7-14(11-19)10-18-16-12(2)8-15(9-13(16)3)17(4,5)6/h8-9,14,18-19H,7,10-11H2,1-6H3. The minimum Gasteiger partial charge on any atom is -0.396 e. The van der Waals surface area contributed by atoms with Crippen molar-refractivity contribution in [3.8, 4) is 0 Å². The zero-order valence-corrected chi connectivity index (χ0v) is 13.3. The molecular weight excluding hydrogens is 234 g/mol. The molecule has 0 heterocycles. The molecule has 0 amide bonds. The highest BCUT2D eigenvalue weighted by molar-refractivity contribution is 5.59. The van der Waals surface area contributed by atoms with E-state index < -0.39 is 0 Å². The number of rotatable bonds is 5. The van der Waals surface area contributed by atoms with Crippen LogP contribution >= 0.6 is 0 Å². The summed E-state index contributed by atoms with van der Waals surface area (Å²) < 4.78 is 0. The van der Waals surface area contributed by atoms with Crippen LogP contribution in [0.5, 0.6) is 0 Å². The Morgan fingerprint density at radius 1 is 1.16 bits per heavy atom. The average Bonchev–Trinajstić information content (AvgIpc) is 2.31. The molecule has 1 aromatic carbocycles. The number of aryl methyl sites for hydroxylation is 2. The maximum Gasteiger partial charge on any atom is 0.0475 e. The number of aliphatic hydroxyl groups excluding tert-OH is 1. The molecule has 2 nitrogen and oxygen atoms in total. The summed E-state index contributed by atoms with van der Waals surface area (Å²) in [5, 5.41) is 12.8. The molecule has 0 bridgehead atoms. The number of hydrogen-bond acceptors (Lipinski definition) is 2. The summed E-state index contributed by atoms with van der Waals surface area (Å²) in [5.74, 6) is 0.334. The second-order valence-corrected chi connectivity index (χ2v) is 6.57. The van der Waals surface area contributed by atoms with Crippen molar-refractivity contribution in [2.75, 3.05) is 18.5 Å². The van der Waals surface area contributed by atoms with Gasteiger partial charge in [-0.05, 0) is 48.3 Å². The first-order valence-corrected chi connectivity index (χ1v) is 7.26. The first-order chi connectivity index (χ1) is 8.79. The van der Waals surface area contributed by atoms with Gasteiger partial charge >= 0.3 is 0 Å². The fourth-order valence-electron chi connectivity index (χ4n) is 2.26. The maximum absolute atomic E-state index is 9.25. The molecule has 0 saturated carbocycles. The largest absolute Gasteiger partial charge is 0.396 e. The van der Waals surface area contributed by atoms with Gasteiger partial charge in [0, 0.05) is 18.8 Å². The summed E-state index contributed by atoms with van der Waals surface area (Å²) in [4.78, 5) is 0. The number of benzene rings is 1. The molecule has 0 saturated heterocycles. The molecule has 0 radical (unpaired) electrons. The van der Waals surface area contributed by atoms with Gasteiger partial charge in [-0.15, -0.1) is 0 Å². The normalized spacial score (nSPS) is 13.4. The molecule has 2 heteroatoms. The predicted octanol–water partition coefficient (Wildman–Crippen LogP) is 4.03. The van der Waals surface area contributed by atoms with Crippen LogP contribution in [0.2, 0.25) is 0 Å². The molecule has 1 unspecified atom stereocenters. The molecule has 0 spiro atoms. The average molecular weight is 263 g/mol. The zero-order valence-electron chi connectivity index (χ0n) is 13.3. The summed E-state index contributed by atoms with van der Waals surface area (Å²) in [6, 6.07) is 4.55. The molecule has 0 aromatic heterocycles. The van der Waals surface area contributed by atoms with Crippen LogP contribution in [0.15, 0.2) is 12.1 Å². The molecular formula is C17H29NO. The van der Waals surface area contributed by atoms with Gasteiger partial charge in [-0.1, -0.05) is 39.8 Å². The molecule has 0 fully saturated rings. The number of hydrogen-bond donors (Lipinski definition) is 2. The van der Waals surface area contributed by atoms with Gasteiger partial charge in [0.2, 0.25) is 0 Å². The van der Waals surface area contributed by atoms with E-state index >= 15 is 0 Å². The Labute approximate surface area is 118 Å². The van der Waals surface area contributed by atoms with Crippen molar-refractivity contribution in [1.82, 2.24) is 0 Å². The smallest absolute Gasteiger partial charge is 0.0475 e. The molecule has 1 atom stereocenters. The van der Waals surface area contributed by atoms with E-state index in [9.17, 15) is 5.11 Å². The second-order valence-electron chi connectivity index (χ2n) is 6.57. The lowest BCUT2D eigenvalue weighted by Crippen LogP contribution is -2.19. The maximum atomic E-state index is 9.25. The van der Waals surface area contributed by atoms with Gasteiger partial charge in [0.05, 0.1) is 0 Å². The Kier molecular flexibility index (Phi) is 5.42. The third-order valence-corrected chi connectivity index (χ3v) is 3.80. The van der Waals surface area contributed by atoms with E-state index in [1.54, 1.807) is 0 Å². The fourth-order valence-corrected chi connectivity index (χ4v) is 2.26. The van der Waals surface area contributed by atoms with Gasteiger partial charge in [0.1, 0.15) is 0 Å². The van der Waals surface area contributed by atoms with Crippen molar-refractivity contribution in [3.63, 3.8) is 0 Å². The van der Waals surface area contributed by atoms with Gasteiger partial charge in [-0.3, -0.25) is 0 Å². The molecule has 1 aromatic rings. The van der Waals surface area contributed by atoms with E-state index in [-0.39, 0.29) is 12.0 Å².